The van der Waals surface area contributed by atoms with Crippen molar-refractivity contribution in [2.24, 2.45) is 0 Å². The summed E-state index contributed by atoms with van der Waals surface area (Å²) in [6.45, 7) is 3.30. The summed E-state index contributed by atoms with van der Waals surface area (Å²) in [5.41, 5.74) is 1.95. The van der Waals surface area contributed by atoms with E-state index in [4.69, 9.17) is 4.74 Å². The second-order valence-corrected chi connectivity index (χ2v) is 4.61. The van der Waals surface area contributed by atoms with E-state index in [0.29, 0.717) is 0 Å². The number of morpholine rings is 1. The summed E-state index contributed by atoms with van der Waals surface area (Å²) in [7, 11) is 0. The molecule has 1 saturated heterocycles. The lowest BCUT2D eigenvalue weighted by Crippen LogP contribution is -2.36. The molecule has 1 atom stereocenters. The first-order valence-electron chi connectivity index (χ1n) is 5.23. The van der Waals surface area contributed by atoms with E-state index in [1.165, 1.54) is 0 Å². The molecule has 2 rings (SSSR count). The van der Waals surface area contributed by atoms with Crippen LogP contribution >= 0.6 is 0 Å². The fourth-order valence-electron chi connectivity index (χ4n) is 1.76. The molecule has 0 bridgehead atoms. The average molecular weight is 240 g/mol. The lowest BCUT2D eigenvalue weighted by molar-refractivity contribution is 0.122. The molecule has 1 heterocycles. The smallest absolute Gasteiger partial charge is 0.0642 e. The summed E-state index contributed by atoms with van der Waals surface area (Å²) >= 11 is -2.01. The van der Waals surface area contributed by atoms with Crippen LogP contribution in [0.25, 0.3) is 0 Å². The van der Waals surface area contributed by atoms with Crippen LogP contribution in [0.4, 0.5) is 5.69 Å². The average Bonchev–Trinajstić information content (AvgIpc) is 2.30. The SMILES string of the molecule is O=S([O-])Cc1ccc(N2CCOCC2)cc1. The van der Waals surface area contributed by atoms with Crippen molar-refractivity contribution in [3.05, 3.63) is 29.8 Å². The second kappa shape index (κ2) is 5.43. The van der Waals surface area contributed by atoms with E-state index in [9.17, 15) is 8.76 Å². The highest BCUT2D eigenvalue weighted by Crippen LogP contribution is 2.17. The molecule has 5 heteroatoms. The lowest BCUT2D eigenvalue weighted by Gasteiger charge is -2.28. The van der Waals surface area contributed by atoms with Gasteiger partial charge in [-0.3, -0.25) is 4.21 Å². The van der Waals surface area contributed by atoms with Gasteiger partial charge in [0.1, 0.15) is 0 Å². The first kappa shape index (κ1) is 11.6. The highest BCUT2D eigenvalue weighted by Gasteiger charge is 2.10. The zero-order valence-electron chi connectivity index (χ0n) is 8.93. The molecule has 0 amide bonds. The Morgan fingerprint density at radius 2 is 1.88 bits per heavy atom. The number of hydrogen-bond donors (Lipinski definition) is 0. The molecule has 88 valence electrons. The maximum absolute atomic E-state index is 10.5. The summed E-state index contributed by atoms with van der Waals surface area (Å²) in [6.07, 6.45) is 0. The minimum atomic E-state index is -2.01. The summed E-state index contributed by atoms with van der Waals surface area (Å²) in [5, 5.41) is 0. The summed E-state index contributed by atoms with van der Waals surface area (Å²) in [6, 6.07) is 7.65. The molecule has 1 fully saturated rings. The monoisotopic (exact) mass is 240 g/mol. The molecular formula is C11H14NO3S-. The Kier molecular flexibility index (Phi) is 3.93. The molecule has 4 nitrogen and oxygen atoms in total. The molecule has 1 aliphatic heterocycles. The number of hydrogen-bond acceptors (Lipinski definition) is 4. The van der Waals surface area contributed by atoms with E-state index >= 15 is 0 Å². The van der Waals surface area contributed by atoms with Crippen LogP contribution in [0.15, 0.2) is 24.3 Å². The van der Waals surface area contributed by atoms with Crippen molar-refractivity contribution in [1.82, 2.24) is 0 Å². The number of nitrogens with zero attached hydrogens (tertiary/aromatic N) is 1. The third kappa shape index (κ3) is 3.04. The molecular weight excluding hydrogens is 226 g/mol. The molecule has 16 heavy (non-hydrogen) atoms. The van der Waals surface area contributed by atoms with Crippen LogP contribution in [0.2, 0.25) is 0 Å². The van der Waals surface area contributed by atoms with E-state index in [2.05, 4.69) is 4.90 Å². The molecule has 1 unspecified atom stereocenters. The highest BCUT2D eigenvalue weighted by molar-refractivity contribution is 7.78. The standard InChI is InChI=1S/C11H15NO3S/c13-16(14)9-10-1-3-11(4-2-10)12-5-7-15-8-6-12/h1-4H,5-9H2,(H,13,14)/p-1. The maximum Gasteiger partial charge on any atom is 0.0642 e. The van der Waals surface area contributed by atoms with Gasteiger partial charge in [-0.1, -0.05) is 23.2 Å². The van der Waals surface area contributed by atoms with Crippen molar-refractivity contribution in [2.75, 3.05) is 31.2 Å². The fraction of sp³-hybridized carbons (Fsp3) is 0.455. The maximum atomic E-state index is 10.5. The summed E-state index contributed by atoms with van der Waals surface area (Å²) < 4.78 is 26.3. The van der Waals surface area contributed by atoms with Crippen LogP contribution < -0.4 is 4.90 Å². The Morgan fingerprint density at radius 3 is 2.44 bits per heavy atom. The van der Waals surface area contributed by atoms with Gasteiger partial charge in [0.15, 0.2) is 0 Å². The molecule has 0 spiro atoms. The zero-order chi connectivity index (χ0) is 11.4. The van der Waals surface area contributed by atoms with Gasteiger partial charge in [0.05, 0.1) is 13.2 Å². The van der Waals surface area contributed by atoms with Crippen molar-refractivity contribution in [1.29, 1.82) is 0 Å². The Bertz CT molecular complexity index is 360. The van der Waals surface area contributed by atoms with Gasteiger partial charge >= 0.3 is 0 Å². The van der Waals surface area contributed by atoms with Gasteiger partial charge in [-0.05, 0) is 17.7 Å². The summed E-state index contributed by atoms with van der Waals surface area (Å²) in [5.74, 6) is 0.0867. The normalized spacial score (nSPS) is 18.4. The quantitative estimate of drug-likeness (QED) is 0.737. The van der Waals surface area contributed by atoms with Crippen molar-refractivity contribution >= 4 is 16.8 Å². The summed E-state index contributed by atoms with van der Waals surface area (Å²) in [4.78, 5) is 2.24. The van der Waals surface area contributed by atoms with Gasteiger partial charge < -0.3 is 14.2 Å². The molecule has 1 aromatic carbocycles. The van der Waals surface area contributed by atoms with Crippen LogP contribution in [-0.2, 0) is 21.6 Å². The van der Waals surface area contributed by atoms with Crippen LogP contribution in [-0.4, -0.2) is 35.1 Å². The predicted octanol–water partition coefficient (Wildman–Crippen LogP) is 0.902. The first-order valence-corrected chi connectivity index (χ1v) is 6.47. The third-order valence-electron chi connectivity index (χ3n) is 2.60. The number of benzene rings is 1. The highest BCUT2D eigenvalue weighted by atomic mass is 32.2. The molecule has 1 aromatic rings. The Hall–Kier alpha value is -0.910. The molecule has 0 aliphatic carbocycles. The van der Waals surface area contributed by atoms with Crippen LogP contribution in [0.1, 0.15) is 5.56 Å². The fourth-order valence-corrected chi connectivity index (χ4v) is 2.23. The molecule has 0 N–H and O–H groups in total. The number of ether oxygens (including phenoxy) is 1. The van der Waals surface area contributed by atoms with Gasteiger partial charge in [-0.15, -0.1) is 0 Å². The Labute approximate surface area is 97.5 Å². The van der Waals surface area contributed by atoms with Crippen molar-refractivity contribution in [3.8, 4) is 0 Å². The Balaban J connectivity index is 2.03. The van der Waals surface area contributed by atoms with Gasteiger partial charge in [-0.25, -0.2) is 0 Å². The lowest BCUT2D eigenvalue weighted by atomic mass is 10.2. The van der Waals surface area contributed by atoms with Gasteiger partial charge in [0.2, 0.25) is 0 Å². The van der Waals surface area contributed by atoms with E-state index < -0.39 is 11.1 Å². The zero-order valence-corrected chi connectivity index (χ0v) is 9.74. The number of rotatable bonds is 3. The van der Waals surface area contributed by atoms with Crippen LogP contribution in [0.3, 0.4) is 0 Å². The van der Waals surface area contributed by atoms with E-state index in [-0.39, 0.29) is 5.75 Å². The third-order valence-corrected chi connectivity index (χ3v) is 3.17. The molecule has 1 aliphatic rings. The van der Waals surface area contributed by atoms with Crippen molar-refractivity contribution in [3.63, 3.8) is 0 Å². The van der Waals surface area contributed by atoms with Crippen molar-refractivity contribution < 1.29 is 13.5 Å². The molecule has 0 radical (unpaired) electrons. The topological polar surface area (TPSA) is 52.6 Å². The minimum absolute atomic E-state index is 0.0867. The van der Waals surface area contributed by atoms with Crippen LogP contribution in [0, 0.1) is 0 Å². The number of anilines is 1. The molecule has 0 saturated carbocycles. The van der Waals surface area contributed by atoms with Gasteiger partial charge in [0, 0.05) is 24.5 Å². The van der Waals surface area contributed by atoms with E-state index in [0.717, 1.165) is 37.6 Å². The van der Waals surface area contributed by atoms with E-state index in [1.54, 1.807) is 0 Å². The van der Waals surface area contributed by atoms with Crippen molar-refractivity contribution in [2.45, 2.75) is 5.75 Å². The van der Waals surface area contributed by atoms with E-state index in [1.807, 2.05) is 24.3 Å². The first-order chi connectivity index (χ1) is 7.75. The van der Waals surface area contributed by atoms with Gasteiger partial charge in [0.25, 0.3) is 0 Å². The predicted molar refractivity (Wildman–Crippen MR) is 62.1 cm³/mol. The molecule has 0 aromatic heterocycles. The largest absolute Gasteiger partial charge is 0.772 e. The second-order valence-electron chi connectivity index (χ2n) is 3.71. The van der Waals surface area contributed by atoms with Crippen LogP contribution in [0.5, 0.6) is 0 Å². The van der Waals surface area contributed by atoms with Gasteiger partial charge in [-0.2, -0.15) is 0 Å². The Morgan fingerprint density at radius 1 is 1.25 bits per heavy atom. The minimum Gasteiger partial charge on any atom is -0.772 e.